The molecule has 2 heterocycles. The highest BCUT2D eigenvalue weighted by Crippen LogP contribution is 2.29. The van der Waals surface area contributed by atoms with Gasteiger partial charge in [0.05, 0.1) is 12.7 Å². The first-order valence-electron chi connectivity index (χ1n) is 9.17. The predicted octanol–water partition coefficient (Wildman–Crippen LogP) is 2.22. The van der Waals surface area contributed by atoms with Gasteiger partial charge in [0.15, 0.2) is 0 Å². The molecule has 0 aromatic heterocycles. The number of hydrogen-bond acceptors (Lipinski definition) is 4. The molecule has 2 aliphatic rings. The molecule has 0 bridgehead atoms. The van der Waals surface area contributed by atoms with E-state index in [9.17, 15) is 19.0 Å². The van der Waals surface area contributed by atoms with Crippen molar-refractivity contribution in [2.75, 3.05) is 32.9 Å². The van der Waals surface area contributed by atoms with Crippen molar-refractivity contribution in [1.29, 1.82) is 0 Å². The molecule has 1 aromatic rings. The number of rotatable bonds is 5. The fourth-order valence-electron chi connectivity index (χ4n) is 3.95. The van der Waals surface area contributed by atoms with Gasteiger partial charge < -0.3 is 14.9 Å². The lowest BCUT2D eigenvalue weighted by Crippen LogP contribution is -2.47. The summed E-state index contributed by atoms with van der Waals surface area (Å²) in [6.45, 7) is 2.33. The second kappa shape index (κ2) is 8.54. The summed E-state index contributed by atoms with van der Waals surface area (Å²) in [6, 6.07) is 2.80. The Morgan fingerprint density at radius 1 is 1.12 bits per heavy atom. The van der Waals surface area contributed by atoms with Crippen LogP contribution in [0.15, 0.2) is 12.1 Å². The quantitative estimate of drug-likeness (QED) is 0.850. The minimum Gasteiger partial charge on any atom is -0.395 e. The predicted molar refractivity (Wildman–Crippen MR) is 90.5 cm³/mol. The molecule has 2 fully saturated rings. The Morgan fingerprint density at radius 2 is 1.80 bits per heavy atom. The monoisotopic (exact) mass is 355 g/mol. The van der Waals surface area contributed by atoms with Crippen molar-refractivity contribution in [2.24, 2.45) is 0 Å². The highest BCUT2D eigenvalue weighted by atomic mass is 19.1. The van der Waals surface area contributed by atoms with Gasteiger partial charge >= 0.3 is 0 Å². The van der Waals surface area contributed by atoms with E-state index >= 15 is 0 Å². The number of aliphatic hydroxyl groups excluding tert-OH is 2. The van der Waals surface area contributed by atoms with Crippen molar-refractivity contribution in [3.05, 3.63) is 34.9 Å². The van der Waals surface area contributed by atoms with Gasteiger partial charge in [0.1, 0.15) is 11.6 Å². The van der Waals surface area contributed by atoms with E-state index in [-0.39, 0.29) is 30.6 Å². The van der Waals surface area contributed by atoms with Crippen molar-refractivity contribution in [3.8, 4) is 0 Å². The van der Waals surface area contributed by atoms with E-state index in [0.29, 0.717) is 39.1 Å². The maximum atomic E-state index is 14.5. The summed E-state index contributed by atoms with van der Waals surface area (Å²) < 4.78 is 34.3. The minimum absolute atomic E-state index is 0.0509. The maximum Gasteiger partial charge on any atom is 0.129 e. The van der Waals surface area contributed by atoms with Gasteiger partial charge in [0, 0.05) is 37.9 Å². The van der Waals surface area contributed by atoms with Gasteiger partial charge in [0.25, 0.3) is 0 Å². The minimum atomic E-state index is -0.487. The van der Waals surface area contributed by atoms with Gasteiger partial charge in [-0.3, -0.25) is 4.90 Å². The van der Waals surface area contributed by atoms with Crippen molar-refractivity contribution in [2.45, 2.75) is 50.2 Å². The number of likely N-dealkylation sites (tertiary alicyclic amines) is 1. The summed E-state index contributed by atoms with van der Waals surface area (Å²) in [7, 11) is 0. The Morgan fingerprint density at radius 3 is 2.44 bits per heavy atom. The molecule has 4 nitrogen and oxygen atoms in total. The first-order valence-corrected chi connectivity index (χ1v) is 9.17. The first kappa shape index (κ1) is 18.7. The molecule has 25 heavy (non-hydrogen) atoms. The van der Waals surface area contributed by atoms with Crippen LogP contribution in [0.3, 0.4) is 0 Å². The molecule has 2 atom stereocenters. The number of piperidine rings is 1. The van der Waals surface area contributed by atoms with E-state index < -0.39 is 17.7 Å². The molecule has 2 aliphatic heterocycles. The van der Waals surface area contributed by atoms with Crippen molar-refractivity contribution >= 4 is 0 Å². The summed E-state index contributed by atoms with van der Waals surface area (Å²) in [5.74, 6) is -0.813. The molecular formula is C19H27F2NO3. The van der Waals surface area contributed by atoms with E-state index in [1.54, 1.807) is 0 Å². The molecule has 0 amide bonds. The third-order valence-electron chi connectivity index (χ3n) is 5.53. The summed E-state index contributed by atoms with van der Waals surface area (Å²) in [5.41, 5.74) is 0.829. The molecule has 3 rings (SSSR count). The van der Waals surface area contributed by atoms with Crippen molar-refractivity contribution < 1.29 is 23.7 Å². The third-order valence-corrected chi connectivity index (χ3v) is 5.53. The zero-order chi connectivity index (χ0) is 17.8. The van der Waals surface area contributed by atoms with E-state index in [1.807, 2.05) is 4.90 Å². The molecule has 140 valence electrons. The Labute approximate surface area is 147 Å². The van der Waals surface area contributed by atoms with Gasteiger partial charge in [-0.2, -0.15) is 0 Å². The molecule has 0 radical (unpaired) electrons. The number of ether oxygens (including phenoxy) is 1. The Balaban J connectivity index is 1.66. The first-order chi connectivity index (χ1) is 12.1. The van der Waals surface area contributed by atoms with Gasteiger partial charge in [-0.25, -0.2) is 8.78 Å². The lowest BCUT2D eigenvalue weighted by molar-refractivity contribution is 0.0175. The average molecular weight is 355 g/mol. The Bertz CT molecular complexity index is 555. The largest absolute Gasteiger partial charge is 0.395 e. The van der Waals surface area contributed by atoms with Crippen LogP contribution in [0.2, 0.25) is 0 Å². The summed E-state index contributed by atoms with van der Waals surface area (Å²) >= 11 is 0. The van der Waals surface area contributed by atoms with Crippen LogP contribution in [-0.2, 0) is 11.2 Å². The molecule has 0 spiro atoms. The molecule has 6 heteroatoms. The standard InChI is InChI=1S/C19H27F2NO3/c20-18-9-14(13-3-7-25-8-4-13)10-19(21)17(18)2-6-22-5-1-16(24)11-15(22)12-23/h9-10,13,15-16,23-24H,1-8,11-12H2. The van der Waals surface area contributed by atoms with Crippen LogP contribution in [0.5, 0.6) is 0 Å². The zero-order valence-electron chi connectivity index (χ0n) is 14.5. The van der Waals surface area contributed by atoms with Crippen molar-refractivity contribution in [3.63, 3.8) is 0 Å². The van der Waals surface area contributed by atoms with E-state index in [0.717, 1.165) is 18.4 Å². The molecule has 0 saturated carbocycles. The molecular weight excluding hydrogens is 328 g/mol. The highest BCUT2D eigenvalue weighted by Gasteiger charge is 2.27. The van der Waals surface area contributed by atoms with Crippen LogP contribution in [0.1, 0.15) is 42.7 Å². The van der Waals surface area contributed by atoms with Crippen LogP contribution in [0.25, 0.3) is 0 Å². The number of halogens is 2. The van der Waals surface area contributed by atoms with Crippen LogP contribution in [0, 0.1) is 11.6 Å². The van der Waals surface area contributed by atoms with Crippen LogP contribution in [0.4, 0.5) is 8.78 Å². The van der Waals surface area contributed by atoms with E-state index in [4.69, 9.17) is 4.74 Å². The number of benzene rings is 1. The smallest absolute Gasteiger partial charge is 0.129 e. The SMILES string of the molecule is OCC1CC(O)CCN1CCc1c(F)cc(C2CCOCC2)cc1F. The molecule has 2 N–H and O–H groups in total. The van der Waals surface area contributed by atoms with Crippen LogP contribution in [-0.4, -0.2) is 60.2 Å². The normalized spacial score (nSPS) is 26.1. The Kier molecular flexibility index (Phi) is 6.39. The molecule has 1 aromatic carbocycles. The topological polar surface area (TPSA) is 52.9 Å². The van der Waals surface area contributed by atoms with Crippen LogP contribution >= 0.6 is 0 Å². The zero-order valence-corrected chi connectivity index (χ0v) is 14.5. The van der Waals surface area contributed by atoms with Crippen LogP contribution < -0.4 is 0 Å². The molecule has 0 aliphatic carbocycles. The highest BCUT2D eigenvalue weighted by molar-refractivity contribution is 5.29. The second-order valence-electron chi connectivity index (χ2n) is 7.15. The third kappa shape index (κ3) is 4.56. The summed E-state index contributed by atoms with van der Waals surface area (Å²) in [6.07, 6.45) is 2.59. The Hall–Kier alpha value is -1.08. The van der Waals surface area contributed by atoms with Gasteiger partial charge in [-0.05, 0) is 55.7 Å². The second-order valence-corrected chi connectivity index (χ2v) is 7.15. The lowest BCUT2D eigenvalue weighted by atomic mass is 9.90. The average Bonchev–Trinajstić information content (AvgIpc) is 2.62. The lowest BCUT2D eigenvalue weighted by Gasteiger charge is -2.37. The number of hydrogen-bond donors (Lipinski definition) is 2. The maximum absolute atomic E-state index is 14.5. The summed E-state index contributed by atoms with van der Waals surface area (Å²) in [4.78, 5) is 2.01. The number of nitrogens with zero attached hydrogens (tertiary/aromatic N) is 1. The van der Waals surface area contributed by atoms with Gasteiger partial charge in [-0.1, -0.05) is 0 Å². The van der Waals surface area contributed by atoms with E-state index in [1.165, 1.54) is 12.1 Å². The van der Waals surface area contributed by atoms with Crippen molar-refractivity contribution in [1.82, 2.24) is 4.90 Å². The van der Waals surface area contributed by atoms with Gasteiger partial charge in [0.2, 0.25) is 0 Å². The summed E-state index contributed by atoms with van der Waals surface area (Å²) in [5, 5.41) is 19.1. The fourth-order valence-corrected chi connectivity index (χ4v) is 3.95. The molecule has 2 unspecified atom stereocenters. The van der Waals surface area contributed by atoms with E-state index in [2.05, 4.69) is 0 Å². The van der Waals surface area contributed by atoms with Gasteiger partial charge in [-0.15, -0.1) is 0 Å². The fraction of sp³-hybridized carbons (Fsp3) is 0.684. The molecule has 2 saturated heterocycles. The number of aliphatic hydroxyl groups is 2.